The summed E-state index contributed by atoms with van der Waals surface area (Å²) < 4.78 is 5.26. The predicted molar refractivity (Wildman–Crippen MR) is 75.9 cm³/mol. The number of furan rings is 1. The third-order valence-corrected chi connectivity index (χ3v) is 4.21. The van der Waals surface area contributed by atoms with Gasteiger partial charge in [0, 0.05) is 17.2 Å². The fourth-order valence-electron chi connectivity index (χ4n) is 1.95. The molecule has 2 aromatic rings. The Kier molecular flexibility index (Phi) is 4.13. The summed E-state index contributed by atoms with van der Waals surface area (Å²) in [6.45, 7) is 3.92. The van der Waals surface area contributed by atoms with Gasteiger partial charge in [-0.1, -0.05) is 13.8 Å². The van der Waals surface area contributed by atoms with E-state index in [1.54, 1.807) is 11.4 Å². The van der Waals surface area contributed by atoms with Crippen molar-refractivity contribution in [2.24, 2.45) is 0 Å². The molecule has 2 heterocycles. The number of thiazole rings is 1. The van der Waals surface area contributed by atoms with Crippen molar-refractivity contribution in [1.29, 1.82) is 0 Å². The number of aromatic nitrogens is 1. The molecule has 0 aliphatic heterocycles. The molecule has 0 atom stereocenters. The minimum atomic E-state index is -1.10. The van der Waals surface area contributed by atoms with Gasteiger partial charge in [0.1, 0.15) is 5.76 Å². The Hall–Kier alpha value is -2.15. The van der Waals surface area contributed by atoms with Crippen LogP contribution in [0.1, 0.15) is 40.9 Å². The molecule has 0 bridgehead atoms. The zero-order valence-corrected chi connectivity index (χ0v) is 12.4. The summed E-state index contributed by atoms with van der Waals surface area (Å²) in [4.78, 5) is 25.8. The number of aromatic carboxylic acids is 1. The number of carboxylic acid groups (broad SMARTS) is 2. The van der Waals surface area contributed by atoms with E-state index in [4.69, 9.17) is 14.6 Å². The van der Waals surface area contributed by atoms with Crippen LogP contribution in [-0.4, -0.2) is 27.1 Å². The van der Waals surface area contributed by atoms with Gasteiger partial charge < -0.3 is 14.6 Å². The molecule has 0 spiro atoms. The number of carboxylic acids is 2. The highest BCUT2D eigenvalue weighted by Gasteiger charge is 2.27. The van der Waals surface area contributed by atoms with Crippen LogP contribution in [0.2, 0.25) is 0 Å². The molecule has 2 aromatic heterocycles. The smallest absolute Gasteiger partial charge is 0.371 e. The molecule has 21 heavy (non-hydrogen) atoms. The lowest BCUT2D eigenvalue weighted by Gasteiger charge is -2.20. The van der Waals surface area contributed by atoms with E-state index in [1.165, 1.54) is 17.4 Å². The Balaban J connectivity index is 2.14. The Morgan fingerprint density at radius 3 is 2.62 bits per heavy atom. The van der Waals surface area contributed by atoms with Crippen LogP contribution in [-0.2, 0) is 23.1 Å². The zero-order chi connectivity index (χ0) is 15.6. The van der Waals surface area contributed by atoms with Gasteiger partial charge >= 0.3 is 11.9 Å². The van der Waals surface area contributed by atoms with Crippen molar-refractivity contribution in [3.8, 4) is 0 Å². The minimum Gasteiger partial charge on any atom is -0.481 e. The number of carbonyl (C=O) groups is 2. The molecule has 7 heteroatoms. The molecule has 112 valence electrons. The van der Waals surface area contributed by atoms with Crippen LogP contribution in [0.4, 0.5) is 0 Å². The van der Waals surface area contributed by atoms with Gasteiger partial charge in [-0.15, -0.1) is 11.3 Å². The summed E-state index contributed by atoms with van der Waals surface area (Å²) in [6.07, 6.45) is 0.386. The maximum Gasteiger partial charge on any atom is 0.371 e. The van der Waals surface area contributed by atoms with Gasteiger partial charge in [0.15, 0.2) is 0 Å². The molecule has 6 nitrogen and oxygen atoms in total. The van der Waals surface area contributed by atoms with Gasteiger partial charge in [0.25, 0.3) is 0 Å². The normalized spacial score (nSPS) is 11.5. The van der Waals surface area contributed by atoms with E-state index in [1.807, 2.05) is 13.8 Å². The molecule has 2 N–H and O–H groups in total. The quantitative estimate of drug-likeness (QED) is 0.850. The second-order valence-electron chi connectivity index (χ2n) is 5.35. The van der Waals surface area contributed by atoms with E-state index in [9.17, 15) is 9.59 Å². The lowest BCUT2D eigenvalue weighted by Crippen LogP contribution is -2.20. The van der Waals surface area contributed by atoms with Crippen LogP contribution in [0.15, 0.2) is 21.9 Å². The number of nitrogens with zero attached hydrogens (tertiary/aromatic N) is 1. The van der Waals surface area contributed by atoms with Crippen molar-refractivity contribution in [1.82, 2.24) is 4.98 Å². The van der Waals surface area contributed by atoms with E-state index in [2.05, 4.69) is 4.98 Å². The highest BCUT2D eigenvalue weighted by atomic mass is 32.1. The molecule has 2 rings (SSSR count). The van der Waals surface area contributed by atoms with Crippen molar-refractivity contribution >= 4 is 23.3 Å². The van der Waals surface area contributed by atoms with E-state index in [0.29, 0.717) is 17.9 Å². The van der Waals surface area contributed by atoms with Crippen LogP contribution in [0.25, 0.3) is 0 Å². The molecule has 0 fully saturated rings. The molecular weight excluding hydrogens is 294 g/mol. The van der Waals surface area contributed by atoms with E-state index < -0.39 is 11.9 Å². The Morgan fingerprint density at radius 2 is 2.05 bits per heavy atom. The van der Waals surface area contributed by atoms with Crippen LogP contribution < -0.4 is 0 Å². The maximum atomic E-state index is 10.8. The lowest BCUT2D eigenvalue weighted by molar-refractivity contribution is -0.136. The van der Waals surface area contributed by atoms with Crippen molar-refractivity contribution < 1.29 is 24.2 Å². The van der Waals surface area contributed by atoms with Crippen LogP contribution in [0.3, 0.4) is 0 Å². The third kappa shape index (κ3) is 3.69. The highest BCUT2D eigenvalue weighted by molar-refractivity contribution is 7.09. The first kappa shape index (κ1) is 15.2. The number of aliphatic carboxylic acids is 1. The minimum absolute atomic E-state index is 0.0912. The predicted octanol–water partition coefficient (Wildman–Crippen LogP) is 2.58. The molecule has 0 unspecified atom stereocenters. The van der Waals surface area contributed by atoms with Crippen molar-refractivity contribution in [2.45, 2.75) is 32.1 Å². The van der Waals surface area contributed by atoms with Crippen molar-refractivity contribution in [2.75, 3.05) is 0 Å². The van der Waals surface area contributed by atoms with E-state index >= 15 is 0 Å². The monoisotopic (exact) mass is 309 g/mol. The van der Waals surface area contributed by atoms with Crippen molar-refractivity contribution in [3.63, 3.8) is 0 Å². The van der Waals surface area contributed by atoms with E-state index in [-0.39, 0.29) is 17.6 Å². The van der Waals surface area contributed by atoms with Gasteiger partial charge in [-0.3, -0.25) is 4.79 Å². The lowest BCUT2D eigenvalue weighted by atomic mass is 9.89. The molecule has 0 amide bonds. The summed E-state index contributed by atoms with van der Waals surface area (Å²) in [5.41, 5.74) is 0.163. The molecular formula is C14H15NO5S. The third-order valence-electron chi connectivity index (χ3n) is 2.95. The number of hydrogen-bond acceptors (Lipinski definition) is 5. The molecule has 0 saturated heterocycles. The molecule has 0 saturated carbocycles. The van der Waals surface area contributed by atoms with Crippen LogP contribution >= 0.6 is 11.3 Å². The topological polar surface area (TPSA) is 101 Å². The summed E-state index contributed by atoms with van der Waals surface area (Å²) >= 11 is 1.40. The number of hydrogen-bond donors (Lipinski definition) is 2. The molecule has 0 radical (unpaired) electrons. The SMILES string of the molecule is CC(C)(Cc1ccc(C(=O)O)o1)c1nc(CC(=O)O)cs1. The molecule has 0 aliphatic rings. The zero-order valence-electron chi connectivity index (χ0n) is 11.6. The first-order valence-corrected chi connectivity index (χ1v) is 7.14. The first-order chi connectivity index (χ1) is 9.78. The fraction of sp³-hybridized carbons (Fsp3) is 0.357. The van der Waals surface area contributed by atoms with Crippen LogP contribution in [0.5, 0.6) is 0 Å². The molecule has 0 aliphatic carbocycles. The van der Waals surface area contributed by atoms with Crippen LogP contribution in [0, 0.1) is 0 Å². The summed E-state index contributed by atoms with van der Waals surface area (Å²) in [6, 6.07) is 3.06. The summed E-state index contributed by atoms with van der Waals surface area (Å²) in [7, 11) is 0. The summed E-state index contributed by atoms with van der Waals surface area (Å²) in [5.74, 6) is -1.54. The average molecular weight is 309 g/mol. The maximum absolute atomic E-state index is 10.8. The summed E-state index contributed by atoms with van der Waals surface area (Å²) in [5, 5.41) is 20.1. The Labute approximate surface area is 125 Å². The Bertz CT molecular complexity index is 670. The number of rotatable bonds is 6. The largest absolute Gasteiger partial charge is 0.481 e. The van der Waals surface area contributed by atoms with Gasteiger partial charge in [-0.05, 0) is 12.1 Å². The second kappa shape index (κ2) is 5.69. The highest BCUT2D eigenvalue weighted by Crippen LogP contribution is 2.31. The van der Waals surface area contributed by atoms with Gasteiger partial charge in [-0.25, -0.2) is 9.78 Å². The van der Waals surface area contributed by atoms with Crippen molar-refractivity contribution in [3.05, 3.63) is 39.7 Å². The second-order valence-corrected chi connectivity index (χ2v) is 6.20. The van der Waals surface area contributed by atoms with Gasteiger partial charge in [0.2, 0.25) is 5.76 Å². The fourth-order valence-corrected chi connectivity index (χ4v) is 2.90. The Morgan fingerprint density at radius 1 is 1.33 bits per heavy atom. The molecule has 0 aromatic carbocycles. The van der Waals surface area contributed by atoms with Gasteiger partial charge in [0.05, 0.1) is 17.1 Å². The first-order valence-electron chi connectivity index (χ1n) is 6.26. The standard InChI is InChI=1S/C14H15NO5S/c1-14(2,6-9-3-4-10(20-9)12(18)19)13-15-8(7-21-13)5-11(16)17/h3-4,7H,5-6H2,1-2H3,(H,16,17)(H,18,19). The average Bonchev–Trinajstić information content (AvgIpc) is 2.97. The van der Waals surface area contributed by atoms with Gasteiger partial charge in [-0.2, -0.15) is 0 Å². The van der Waals surface area contributed by atoms with E-state index in [0.717, 1.165) is 5.01 Å².